The highest BCUT2D eigenvalue weighted by molar-refractivity contribution is 7.95. The van der Waals surface area contributed by atoms with Crippen molar-refractivity contribution in [1.82, 2.24) is 0 Å². The van der Waals surface area contributed by atoms with Crippen LogP contribution in [0.25, 0.3) is 11.6 Å². The third-order valence-electron chi connectivity index (χ3n) is 3.75. The molecule has 1 aliphatic rings. The Morgan fingerprint density at radius 2 is 1.54 bits per heavy atom. The predicted molar refractivity (Wildman–Crippen MR) is 97.7 cm³/mol. The van der Waals surface area contributed by atoms with Crippen molar-refractivity contribution in [2.24, 2.45) is 0 Å². The molecule has 2 aromatic carbocycles. The van der Waals surface area contributed by atoms with Gasteiger partial charge < -0.3 is 4.55 Å². The molecule has 0 unspecified atom stereocenters. The summed E-state index contributed by atoms with van der Waals surface area (Å²) in [4.78, 5) is 1.44. The molecule has 3 nitrogen and oxygen atoms in total. The van der Waals surface area contributed by atoms with Gasteiger partial charge in [-0.25, -0.2) is 8.42 Å². The number of rotatable bonds is 2. The van der Waals surface area contributed by atoms with Crippen LogP contribution < -0.4 is 0 Å². The number of allylic oxidation sites excluding steroid dienone is 1. The maximum Gasteiger partial charge on any atom is 0.485 e. The van der Waals surface area contributed by atoms with Crippen molar-refractivity contribution in [3.8, 4) is 0 Å². The Bertz CT molecular complexity index is 900. The fourth-order valence-electron chi connectivity index (χ4n) is 2.41. The molecule has 0 bridgehead atoms. The zero-order chi connectivity index (χ0) is 19.5. The average Bonchev–Trinajstić information content (AvgIpc) is 2.97. The fraction of sp³-hybridized carbons (Fsp3) is 0.222. The second-order valence-corrected chi connectivity index (χ2v) is 9.26. The Kier molecular flexibility index (Phi) is 6.21. The molecule has 26 heavy (non-hydrogen) atoms. The maximum absolute atomic E-state index is 10.7. The van der Waals surface area contributed by atoms with Crippen LogP contribution >= 0.6 is 0 Å². The van der Waals surface area contributed by atoms with Gasteiger partial charge in [0.1, 0.15) is 12.5 Å². The number of benzene rings is 2. The summed E-state index contributed by atoms with van der Waals surface area (Å²) < 4.78 is 58.9. The monoisotopic (exact) mass is 402 g/mol. The van der Waals surface area contributed by atoms with Crippen molar-refractivity contribution in [2.75, 3.05) is 12.5 Å². The molecule has 1 aliphatic carbocycles. The highest BCUT2D eigenvalue weighted by Gasteiger charge is 2.36. The van der Waals surface area contributed by atoms with Crippen molar-refractivity contribution in [1.29, 1.82) is 0 Å². The molecule has 0 atom stereocenters. The Hall–Kier alpha value is -1.77. The van der Waals surface area contributed by atoms with E-state index in [1.807, 2.05) is 0 Å². The first kappa shape index (κ1) is 20.5. The first-order chi connectivity index (χ1) is 12.0. The van der Waals surface area contributed by atoms with Crippen LogP contribution in [0.2, 0.25) is 0 Å². The van der Waals surface area contributed by atoms with Crippen LogP contribution in [0.3, 0.4) is 0 Å². The second kappa shape index (κ2) is 7.85. The molecule has 0 N–H and O–H groups in total. The molecule has 0 fully saturated rings. The van der Waals surface area contributed by atoms with E-state index < -0.39 is 15.6 Å². The van der Waals surface area contributed by atoms with Crippen molar-refractivity contribution < 1.29 is 26.1 Å². The van der Waals surface area contributed by atoms with Gasteiger partial charge in [-0.3, -0.25) is 0 Å². The third kappa shape index (κ3) is 5.12. The zero-order valence-electron chi connectivity index (χ0n) is 14.1. The quantitative estimate of drug-likeness (QED) is 0.432. The Morgan fingerprint density at radius 3 is 2.00 bits per heavy atom. The summed E-state index contributed by atoms with van der Waals surface area (Å²) in [5, 5.41) is 0. The van der Waals surface area contributed by atoms with Crippen molar-refractivity contribution in [3.05, 3.63) is 65.2 Å². The molecule has 0 saturated carbocycles. The van der Waals surface area contributed by atoms with Gasteiger partial charge in [-0.05, 0) is 52.9 Å². The van der Waals surface area contributed by atoms with E-state index in [9.17, 15) is 13.2 Å². The van der Waals surface area contributed by atoms with Gasteiger partial charge in [0.05, 0.1) is 0 Å². The summed E-state index contributed by atoms with van der Waals surface area (Å²) in [5.41, 5.74) is -0.0210. The highest BCUT2D eigenvalue weighted by Crippen LogP contribution is 2.31. The lowest BCUT2D eigenvalue weighted by Gasteiger charge is -2.08. The molecular formula is C18H17F3O3S2. The Balaban J connectivity index is 0.000000260. The molecular weight excluding hydrogens is 385 g/mol. The number of halogens is 3. The lowest BCUT2D eigenvalue weighted by Crippen LogP contribution is -2.21. The number of hydrogen-bond acceptors (Lipinski definition) is 3. The lowest BCUT2D eigenvalue weighted by atomic mass is 10.0. The fourth-order valence-corrected chi connectivity index (χ4v) is 3.09. The highest BCUT2D eigenvalue weighted by atomic mass is 32.2. The maximum atomic E-state index is 10.7. The van der Waals surface area contributed by atoms with Crippen LogP contribution in [0.5, 0.6) is 0 Å². The zero-order valence-corrected chi connectivity index (χ0v) is 15.7. The largest absolute Gasteiger partial charge is 0.741 e. The van der Waals surface area contributed by atoms with E-state index in [0.29, 0.717) is 10.9 Å². The Labute approximate surface area is 153 Å². The molecule has 0 saturated heterocycles. The molecule has 0 heterocycles. The van der Waals surface area contributed by atoms with E-state index in [-0.39, 0.29) is 0 Å². The molecule has 0 spiro atoms. The Morgan fingerprint density at radius 1 is 1.00 bits per heavy atom. The normalized spacial score (nSPS) is 13.7. The van der Waals surface area contributed by atoms with E-state index in [1.54, 1.807) is 0 Å². The molecule has 0 amide bonds. The first-order valence-electron chi connectivity index (χ1n) is 7.47. The SMILES string of the molecule is C[S+](C)c1ccc(C2=Cc3ccccc3C2)cc1.O=S(=O)([O-])C(F)(F)F. The van der Waals surface area contributed by atoms with Crippen LogP contribution in [-0.4, -0.2) is 31.0 Å². The smallest absolute Gasteiger partial charge is 0.485 e. The van der Waals surface area contributed by atoms with Crippen LogP contribution in [0.1, 0.15) is 16.7 Å². The van der Waals surface area contributed by atoms with Gasteiger partial charge in [-0.2, -0.15) is 13.2 Å². The minimum atomic E-state index is -6.09. The predicted octanol–water partition coefficient (Wildman–Crippen LogP) is 4.07. The molecule has 3 rings (SSSR count). The molecule has 8 heteroatoms. The number of fused-ring (bicyclic) bond motifs is 1. The minimum absolute atomic E-state index is 0.352. The number of hydrogen-bond donors (Lipinski definition) is 0. The molecule has 0 aromatic heterocycles. The second-order valence-electron chi connectivity index (χ2n) is 5.79. The summed E-state index contributed by atoms with van der Waals surface area (Å²) in [5.74, 6) is 0. The van der Waals surface area contributed by atoms with Crippen LogP contribution in [0, 0.1) is 0 Å². The van der Waals surface area contributed by atoms with Gasteiger partial charge >= 0.3 is 5.51 Å². The van der Waals surface area contributed by atoms with Crippen LogP contribution in [-0.2, 0) is 27.4 Å². The minimum Gasteiger partial charge on any atom is -0.741 e. The lowest BCUT2D eigenvalue weighted by molar-refractivity contribution is -0.0517. The van der Waals surface area contributed by atoms with Crippen LogP contribution in [0.4, 0.5) is 13.2 Å². The molecule has 140 valence electrons. The topological polar surface area (TPSA) is 57.2 Å². The third-order valence-corrected chi connectivity index (χ3v) is 5.53. The summed E-state index contributed by atoms with van der Waals surface area (Å²) in [6.45, 7) is 0. The summed E-state index contributed by atoms with van der Waals surface area (Å²) in [6.07, 6.45) is 7.92. The van der Waals surface area contributed by atoms with E-state index in [1.165, 1.54) is 27.2 Å². The van der Waals surface area contributed by atoms with Crippen molar-refractivity contribution in [2.45, 2.75) is 16.8 Å². The van der Waals surface area contributed by atoms with E-state index in [4.69, 9.17) is 13.0 Å². The van der Waals surface area contributed by atoms with E-state index in [2.05, 4.69) is 67.1 Å². The summed E-state index contributed by atoms with van der Waals surface area (Å²) >= 11 is 0. The standard InChI is InChI=1S/C17H17S.CHF3O3S/c1-18(2)17-9-7-13(8-10-17)16-11-14-5-3-4-6-15(14)12-16;2-1(3,4)8(5,6)7/h3-11H,12H2,1-2H3;(H,5,6,7)/q+1;/p-1. The molecule has 0 aliphatic heterocycles. The average molecular weight is 402 g/mol. The van der Waals surface area contributed by atoms with E-state index >= 15 is 0 Å². The summed E-state index contributed by atoms with van der Waals surface area (Å²) in [7, 11) is -5.74. The molecule has 2 aromatic rings. The van der Waals surface area contributed by atoms with Crippen LogP contribution in [0.15, 0.2) is 53.4 Å². The van der Waals surface area contributed by atoms with Gasteiger partial charge in [0, 0.05) is 10.9 Å². The first-order valence-corrected chi connectivity index (χ1v) is 10.9. The van der Waals surface area contributed by atoms with Gasteiger partial charge in [0.25, 0.3) is 0 Å². The van der Waals surface area contributed by atoms with Gasteiger partial charge in [-0.15, -0.1) is 0 Å². The van der Waals surface area contributed by atoms with Gasteiger partial charge in [-0.1, -0.05) is 30.3 Å². The number of alkyl halides is 3. The molecule has 0 radical (unpaired) electrons. The van der Waals surface area contributed by atoms with Crippen molar-refractivity contribution in [3.63, 3.8) is 0 Å². The van der Waals surface area contributed by atoms with E-state index in [0.717, 1.165) is 6.42 Å². The van der Waals surface area contributed by atoms with Crippen molar-refractivity contribution >= 4 is 32.7 Å². The van der Waals surface area contributed by atoms with Gasteiger partial charge in [0.15, 0.2) is 15.0 Å². The summed E-state index contributed by atoms with van der Waals surface area (Å²) in [6, 6.07) is 17.7. The van der Waals surface area contributed by atoms with Gasteiger partial charge in [0.2, 0.25) is 0 Å².